The van der Waals surface area contributed by atoms with Gasteiger partial charge in [0.25, 0.3) is 0 Å². The van der Waals surface area contributed by atoms with Crippen molar-refractivity contribution in [2.75, 3.05) is 10.2 Å². The molecule has 0 radical (unpaired) electrons. The van der Waals surface area contributed by atoms with Gasteiger partial charge in [-0.1, -0.05) is 376 Å². The van der Waals surface area contributed by atoms with E-state index in [2.05, 4.69) is 427 Å². The molecule has 0 amide bonds. The highest BCUT2D eigenvalue weighted by atomic mass is 79.9. The predicted octanol–water partition coefficient (Wildman–Crippen LogP) is 21.1. The van der Waals surface area contributed by atoms with Crippen molar-refractivity contribution in [1.82, 2.24) is 0 Å². The number of para-hydroxylation sites is 2. The second-order valence-corrected chi connectivity index (χ2v) is 35.8. The van der Waals surface area contributed by atoms with Crippen molar-refractivity contribution in [2.45, 2.75) is 0 Å². The number of fused-ring (bicyclic) bond motifs is 6. The van der Waals surface area contributed by atoms with E-state index in [1.54, 1.807) is 0 Å². The standard InChI is InChI=1S/C54H39NOSi.C36H29NSi.C12H7BrO.BH4/c1-5-15-40(16-6-1)41-25-31-44(32-26-41)55(46-35-38-54-52(39-46)51-23-13-14-24-53(51)56-54)45-33-27-42(28-34-45)43-29-36-50(37-30-43)57(47-17-7-2-8-18-47,48-19-9-3-10-20-48)49-21-11-4-12-22-49;1-5-13-29(14-6-1)30-21-23-31(24-22-30)37-32-25-27-36(28-26-32)38(33-15-7-2-8-16-33,34-17-9-3-10-18-34)35-19-11-4-12-20-35;13-8-5-6-12-10(7-8)9-3-1-2-4-11(9)14-12;/h1-39H;1-28,37H;1-7H;1H4/q;;;-1. The fourth-order valence-corrected chi connectivity index (χ4v) is 25.5. The molecule has 19 aromatic rings. The Balaban J connectivity index is 0.000000148. The van der Waals surface area contributed by atoms with Gasteiger partial charge in [-0.25, -0.2) is 0 Å². The van der Waals surface area contributed by atoms with E-state index in [0.29, 0.717) is 0 Å². The van der Waals surface area contributed by atoms with E-state index in [0.717, 1.165) is 71.4 Å². The third-order valence-corrected chi connectivity index (χ3v) is 30.9. The number of halogens is 1. The molecule has 0 unspecified atom stereocenters. The summed E-state index contributed by atoms with van der Waals surface area (Å²) in [4.78, 5) is 2.34. The van der Waals surface area contributed by atoms with E-state index in [-0.39, 0.29) is 8.41 Å². The first-order chi connectivity index (χ1) is 53.9. The number of benzene rings is 17. The zero-order valence-corrected chi connectivity index (χ0v) is 63.5. The van der Waals surface area contributed by atoms with Crippen molar-refractivity contribution in [3.8, 4) is 33.4 Å². The molecule has 2 aromatic heterocycles. The van der Waals surface area contributed by atoms with Crippen LogP contribution in [0.25, 0.3) is 77.3 Å². The van der Waals surface area contributed by atoms with E-state index < -0.39 is 16.1 Å². The lowest BCUT2D eigenvalue weighted by atomic mass is 10.0. The van der Waals surface area contributed by atoms with Crippen LogP contribution in [0.4, 0.5) is 28.4 Å². The van der Waals surface area contributed by atoms with Gasteiger partial charge in [-0.3, -0.25) is 0 Å². The number of furan rings is 2. The summed E-state index contributed by atoms with van der Waals surface area (Å²) in [6.45, 7) is 0. The van der Waals surface area contributed by atoms with Crippen LogP contribution in [-0.4, -0.2) is 24.6 Å². The highest BCUT2D eigenvalue weighted by Gasteiger charge is 2.42. The third kappa shape index (κ3) is 14.4. The van der Waals surface area contributed by atoms with Gasteiger partial charge in [-0.2, -0.15) is 0 Å². The minimum absolute atomic E-state index is 0. The summed E-state index contributed by atoms with van der Waals surface area (Å²) in [5.74, 6) is 0. The van der Waals surface area contributed by atoms with Gasteiger partial charge in [0, 0.05) is 54.5 Å². The van der Waals surface area contributed by atoms with Crippen LogP contribution in [0.1, 0.15) is 0 Å². The van der Waals surface area contributed by atoms with Gasteiger partial charge in [-0.05, 0) is 172 Å². The second-order valence-electron chi connectivity index (χ2n) is 27.2. The fraction of sp³-hybridized carbons (Fsp3) is 0. The first kappa shape index (κ1) is 71.2. The van der Waals surface area contributed by atoms with E-state index in [4.69, 9.17) is 8.83 Å². The van der Waals surface area contributed by atoms with Gasteiger partial charge in [-0.15, -0.1) is 0 Å². The van der Waals surface area contributed by atoms with Gasteiger partial charge in [0.2, 0.25) is 0 Å². The molecular weight excluding hydrogens is 1430 g/mol. The van der Waals surface area contributed by atoms with Crippen molar-refractivity contribution in [3.63, 3.8) is 0 Å². The number of nitrogens with zero attached hydrogens (tertiary/aromatic N) is 1. The SMILES string of the molecule is Brc1ccc2oc3ccccc3c2c1.[BH4-].c1ccc(-c2ccc(N(c3ccc(-c4ccc([Si](c5ccccc5)(c5ccccc5)c5ccccc5)cc4)cc3)c3ccc4oc5ccccc5c4c3)cc2)cc1.c1ccc(-c2ccc(Nc3ccc([Si](c4ccccc4)(c4ccccc4)c4ccccc4)cc3)cc2)cc1. The Hall–Kier alpha value is -13.1. The number of hydrogen-bond acceptors (Lipinski definition) is 4. The molecule has 0 saturated carbocycles. The molecule has 4 nitrogen and oxygen atoms in total. The third-order valence-electron chi connectivity index (χ3n) is 20.8. The van der Waals surface area contributed by atoms with E-state index in [1.807, 2.05) is 48.5 Å². The average Bonchev–Trinajstić information content (AvgIpc) is 1.01. The van der Waals surface area contributed by atoms with E-state index in [1.165, 1.54) is 80.3 Å². The molecule has 19 rings (SSSR count). The van der Waals surface area contributed by atoms with E-state index >= 15 is 0 Å². The maximum Gasteiger partial charge on any atom is 0.179 e. The average molecular weight is 1510 g/mol. The Morgan fingerprint density at radius 2 is 0.455 bits per heavy atom. The normalized spacial score (nSPS) is 11.2. The van der Waals surface area contributed by atoms with Gasteiger partial charge in [0.1, 0.15) is 22.3 Å². The highest BCUT2D eigenvalue weighted by Crippen LogP contribution is 2.41. The topological polar surface area (TPSA) is 41.6 Å². The molecular formula is C102H79BBrN2O2Si2-. The minimum Gasteiger partial charge on any atom is -0.456 e. The smallest absolute Gasteiger partial charge is 0.179 e. The number of nitrogens with one attached hydrogen (secondary N) is 1. The van der Waals surface area contributed by atoms with Gasteiger partial charge < -0.3 is 19.1 Å². The van der Waals surface area contributed by atoms with Crippen LogP contribution in [0.15, 0.2) is 462 Å². The number of rotatable bonds is 16. The van der Waals surface area contributed by atoms with Crippen molar-refractivity contribution in [2.24, 2.45) is 0 Å². The zero-order valence-electron chi connectivity index (χ0n) is 59.9. The van der Waals surface area contributed by atoms with Gasteiger partial charge >= 0.3 is 0 Å². The summed E-state index contributed by atoms with van der Waals surface area (Å²) in [6, 6.07) is 161. The van der Waals surface area contributed by atoms with Gasteiger partial charge in [0.15, 0.2) is 16.1 Å². The molecule has 0 saturated heterocycles. The molecule has 0 bridgehead atoms. The van der Waals surface area contributed by atoms with Crippen LogP contribution >= 0.6 is 15.9 Å². The van der Waals surface area contributed by atoms with Crippen LogP contribution in [0.5, 0.6) is 0 Å². The summed E-state index contributed by atoms with van der Waals surface area (Å²) in [5.41, 5.74) is 16.3. The van der Waals surface area contributed by atoms with Crippen LogP contribution < -0.4 is 51.7 Å². The first-order valence-corrected chi connectivity index (χ1v) is 41.7. The summed E-state index contributed by atoms with van der Waals surface area (Å²) in [5, 5.41) is 19.1. The zero-order chi connectivity index (χ0) is 73.2. The predicted molar refractivity (Wildman–Crippen MR) is 481 cm³/mol. The molecule has 0 aliphatic rings. The van der Waals surface area contributed by atoms with Crippen LogP contribution in [0.3, 0.4) is 0 Å². The van der Waals surface area contributed by atoms with Crippen LogP contribution in [-0.2, 0) is 0 Å². The molecule has 0 aliphatic heterocycles. The summed E-state index contributed by atoms with van der Waals surface area (Å²) in [6.07, 6.45) is 0. The lowest BCUT2D eigenvalue weighted by Crippen LogP contribution is -2.74. The quantitative estimate of drug-likeness (QED) is 0.0773. The monoisotopic (exact) mass is 1510 g/mol. The minimum atomic E-state index is -2.59. The molecule has 0 spiro atoms. The van der Waals surface area contributed by atoms with Gasteiger partial charge in [0.05, 0.1) is 0 Å². The Kier molecular flexibility index (Phi) is 21.1. The molecule has 1 N–H and O–H groups in total. The largest absolute Gasteiger partial charge is 0.456 e. The van der Waals surface area contributed by atoms with Crippen molar-refractivity contribution < 1.29 is 8.83 Å². The maximum atomic E-state index is 6.22. The summed E-state index contributed by atoms with van der Waals surface area (Å²) >= 11 is 3.46. The molecule has 0 aliphatic carbocycles. The first-order valence-electron chi connectivity index (χ1n) is 36.9. The Labute approximate surface area is 655 Å². The molecule has 528 valence electrons. The van der Waals surface area contributed by atoms with Crippen molar-refractivity contribution in [3.05, 3.63) is 453 Å². The molecule has 110 heavy (non-hydrogen) atoms. The molecule has 8 heteroatoms. The molecule has 0 atom stereocenters. The highest BCUT2D eigenvalue weighted by molar-refractivity contribution is 9.10. The second kappa shape index (κ2) is 32.6. The Morgan fingerprint density at radius 1 is 0.209 bits per heavy atom. The molecule has 2 heterocycles. The van der Waals surface area contributed by atoms with Crippen molar-refractivity contribution >= 4 is 154 Å². The lowest BCUT2D eigenvalue weighted by Gasteiger charge is -2.34. The number of anilines is 5. The van der Waals surface area contributed by atoms with Crippen LogP contribution in [0.2, 0.25) is 0 Å². The molecule has 17 aromatic carbocycles. The van der Waals surface area contributed by atoms with Crippen molar-refractivity contribution in [1.29, 1.82) is 0 Å². The molecule has 0 fully saturated rings. The summed E-state index contributed by atoms with van der Waals surface area (Å²) < 4.78 is 13.0. The van der Waals surface area contributed by atoms with Crippen LogP contribution in [0, 0.1) is 0 Å². The van der Waals surface area contributed by atoms with E-state index in [9.17, 15) is 0 Å². The Bertz CT molecular complexity index is 6010. The maximum absolute atomic E-state index is 6.22. The lowest BCUT2D eigenvalue weighted by molar-refractivity contribution is 0.668. The fourth-order valence-electron chi connectivity index (χ4n) is 15.6. The number of hydrogen-bond donors (Lipinski definition) is 1. The Morgan fingerprint density at radius 3 is 0.818 bits per heavy atom. The summed E-state index contributed by atoms with van der Waals surface area (Å²) in [7, 11) is -5.08.